The van der Waals surface area contributed by atoms with Crippen LogP contribution in [0, 0.1) is 0 Å². The van der Waals surface area contributed by atoms with Gasteiger partial charge in [-0.2, -0.15) is 15.0 Å². The van der Waals surface area contributed by atoms with E-state index in [0.717, 1.165) is 16.6 Å². The van der Waals surface area contributed by atoms with Crippen LogP contribution in [0.15, 0.2) is 41.8 Å². The van der Waals surface area contributed by atoms with Crippen molar-refractivity contribution in [3.63, 3.8) is 0 Å². The number of ether oxygens (including phenoxy) is 1. The Morgan fingerprint density at radius 2 is 1.92 bits per heavy atom. The highest BCUT2D eigenvalue weighted by atomic mass is 32.2. The second-order valence-electron chi connectivity index (χ2n) is 5.37. The second kappa shape index (κ2) is 7.39. The maximum Gasteiger partial charge on any atom is 0.229 e. The lowest BCUT2D eigenvalue weighted by Crippen LogP contribution is -2.16. The summed E-state index contributed by atoms with van der Waals surface area (Å²) in [4.78, 5) is 18.9. The average Bonchev–Trinajstić information content (AvgIpc) is 3.08. The molecule has 0 aliphatic rings. The van der Waals surface area contributed by atoms with E-state index in [4.69, 9.17) is 10.5 Å². The van der Waals surface area contributed by atoms with Gasteiger partial charge in [-0.25, -0.2) is 4.98 Å². The van der Waals surface area contributed by atoms with Gasteiger partial charge in [0.15, 0.2) is 5.16 Å². The largest absolute Gasteiger partial charge is 0.497 e. The van der Waals surface area contributed by atoms with Crippen molar-refractivity contribution in [2.75, 3.05) is 31.8 Å². The molecule has 2 N–H and O–H groups in total. The van der Waals surface area contributed by atoms with Crippen molar-refractivity contribution in [2.45, 2.75) is 10.9 Å². The standard InChI is InChI=1S/C16H19N7OS/c1-22(2)15-20-13(19-14(17)21-15)10-25-16-18-8-9-23(16)11-4-6-12(24-3)7-5-11/h4-9H,10H2,1-3H3,(H2,17,19,20,21). The van der Waals surface area contributed by atoms with E-state index in [1.165, 1.54) is 11.8 Å². The van der Waals surface area contributed by atoms with Crippen LogP contribution in [-0.4, -0.2) is 45.7 Å². The summed E-state index contributed by atoms with van der Waals surface area (Å²) in [5, 5.41) is 0.843. The minimum Gasteiger partial charge on any atom is -0.497 e. The van der Waals surface area contributed by atoms with Crippen LogP contribution in [0.1, 0.15) is 5.82 Å². The van der Waals surface area contributed by atoms with Crippen LogP contribution in [0.2, 0.25) is 0 Å². The monoisotopic (exact) mass is 357 g/mol. The molecule has 0 aliphatic carbocycles. The molecule has 25 heavy (non-hydrogen) atoms. The van der Waals surface area contributed by atoms with Gasteiger partial charge >= 0.3 is 0 Å². The van der Waals surface area contributed by atoms with Gasteiger partial charge in [0.1, 0.15) is 11.6 Å². The smallest absolute Gasteiger partial charge is 0.229 e. The molecule has 0 saturated carbocycles. The Kier molecular flexibility index (Phi) is 5.03. The number of thioether (sulfide) groups is 1. The Hall–Kier alpha value is -2.81. The zero-order valence-electron chi connectivity index (χ0n) is 14.2. The highest BCUT2D eigenvalue weighted by Gasteiger charge is 2.10. The maximum absolute atomic E-state index is 5.76. The van der Waals surface area contributed by atoms with Gasteiger partial charge in [-0.05, 0) is 24.3 Å². The first-order valence-electron chi connectivity index (χ1n) is 7.55. The molecule has 9 heteroatoms. The summed E-state index contributed by atoms with van der Waals surface area (Å²) in [5.74, 6) is 2.73. The fourth-order valence-corrected chi connectivity index (χ4v) is 2.98. The Bertz CT molecular complexity index is 848. The SMILES string of the molecule is COc1ccc(-n2ccnc2SCc2nc(N)nc(N(C)C)n2)cc1. The van der Waals surface area contributed by atoms with E-state index >= 15 is 0 Å². The van der Waals surface area contributed by atoms with Crippen molar-refractivity contribution >= 4 is 23.7 Å². The Morgan fingerprint density at radius 1 is 1.16 bits per heavy atom. The van der Waals surface area contributed by atoms with Crippen LogP contribution < -0.4 is 15.4 Å². The van der Waals surface area contributed by atoms with Crippen molar-refractivity contribution < 1.29 is 4.74 Å². The van der Waals surface area contributed by atoms with Crippen LogP contribution in [-0.2, 0) is 5.75 Å². The minimum absolute atomic E-state index is 0.216. The number of anilines is 2. The number of nitrogens with zero attached hydrogens (tertiary/aromatic N) is 6. The van der Waals surface area contributed by atoms with Crippen molar-refractivity contribution in [3.05, 3.63) is 42.5 Å². The third kappa shape index (κ3) is 4.00. The molecule has 3 rings (SSSR count). The van der Waals surface area contributed by atoms with E-state index < -0.39 is 0 Å². The number of rotatable bonds is 6. The van der Waals surface area contributed by atoms with E-state index in [9.17, 15) is 0 Å². The summed E-state index contributed by atoms with van der Waals surface area (Å²) in [7, 11) is 5.38. The number of nitrogen functional groups attached to an aromatic ring is 1. The van der Waals surface area contributed by atoms with Gasteiger partial charge in [-0.1, -0.05) is 11.8 Å². The van der Waals surface area contributed by atoms with Crippen molar-refractivity contribution in [2.24, 2.45) is 0 Å². The van der Waals surface area contributed by atoms with Gasteiger partial charge in [-0.15, -0.1) is 0 Å². The normalized spacial score (nSPS) is 10.7. The number of nitrogens with two attached hydrogens (primary N) is 1. The third-order valence-electron chi connectivity index (χ3n) is 3.37. The quantitative estimate of drug-likeness (QED) is 0.670. The average molecular weight is 357 g/mol. The van der Waals surface area contributed by atoms with Crippen LogP contribution in [0.5, 0.6) is 5.75 Å². The molecular weight excluding hydrogens is 338 g/mol. The van der Waals surface area contributed by atoms with Crippen molar-refractivity contribution in [1.29, 1.82) is 0 Å². The molecule has 0 aliphatic heterocycles. The van der Waals surface area contributed by atoms with Gasteiger partial charge in [0.2, 0.25) is 11.9 Å². The fraction of sp³-hybridized carbons (Fsp3) is 0.250. The number of hydrogen-bond donors (Lipinski definition) is 1. The molecule has 0 spiro atoms. The molecule has 2 aromatic heterocycles. The van der Waals surface area contributed by atoms with Gasteiger partial charge in [0.05, 0.1) is 12.9 Å². The first kappa shape index (κ1) is 17.0. The Morgan fingerprint density at radius 3 is 2.60 bits per heavy atom. The molecule has 3 aromatic rings. The topological polar surface area (TPSA) is 95.0 Å². The van der Waals surface area contributed by atoms with Gasteiger partial charge < -0.3 is 15.4 Å². The summed E-state index contributed by atoms with van der Waals surface area (Å²) in [6.45, 7) is 0. The number of methoxy groups -OCH3 is 1. The second-order valence-corrected chi connectivity index (χ2v) is 6.31. The zero-order chi connectivity index (χ0) is 17.8. The highest BCUT2D eigenvalue weighted by Crippen LogP contribution is 2.24. The first-order valence-corrected chi connectivity index (χ1v) is 8.53. The summed E-state index contributed by atoms with van der Waals surface area (Å²) < 4.78 is 7.20. The maximum atomic E-state index is 5.76. The number of imidazole rings is 1. The molecule has 0 bridgehead atoms. The lowest BCUT2D eigenvalue weighted by Gasteiger charge is -2.11. The summed E-state index contributed by atoms with van der Waals surface area (Å²) in [6.07, 6.45) is 3.68. The summed E-state index contributed by atoms with van der Waals surface area (Å²) in [5.41, 5.74) is 6.77. The molecular formula is C16H19N7OS. The lowest BCUT2D eigenvalue weighted by atomic mass is 10.3. The van der Waals surface area contributed by atoms with Crippen LogP contribution in [0.4, 0.5) is 11.9 Å². The van der Waals surface area contributed by atoms with E-state index in [1.807, 2.05) is 49.1 Å². The Balaban J connectivity index is 1.77. The molecule has 8 nitrogen and oxygen atoms in total. The van der Waals surface area contributed by atoms with Crippen LogP contribution in [0.3, 0.4) is 0 Å². The molecule has 0 unspecified atom stereocenters. The van der Waals surface area contributed by atoms with Crippen molar-refractivity contribution in [1.82, 2.24) is 24.5 Å². The summed E-state index contributed by atoms with van der Waals surface area (Å²) in [6, 6.07) is 7.80. The highest BCUT2D eigenvalue weighted by molar-refractivity contribution is 7.98. The molecule has 0 atom stereocenters. The fourth-order valence-electron chi connectivity index (χ4n) is 2.15. The summed E-state index contributed by atoms with van der Waals surface area (Å²) >= 11 is 1.53. The predicted molar refractivity (Wildman–Crippen MR) is 98.2 cm³/mol. The van der Waals surface area contributed by atoms with Crippen LogP contribution in [0.25, 0.3) is 5.69 Å². The number of benzene rings is 1. The minimum atomic E-state index is 0.216. The van der Waals surface area contributed by atoms with Gasteiger partial charge in [-0.3, -0.25) is 4.57 Å². The molecule has 0 fully saturated rings. The third-order valence-corrected chi connectivity index (χ3v) is 4.34. The van der Waals surface area contributed by atoms with Gasteiger partial charge in [0.25, 0.3) is 0 Å². The van der Waals surface area contributed by atoms with E-state index in [2.05, 4.69) is 19.9 Å². The molecule has 0 radical (unpaired) electrons. The first-order chi connectivity index (χ1) is 12.1. The molecule has 130 valence electrons. The number of aromatic nitrogens is 5. The molecule has 0 saturated heterocycles. The molecule has 0 amide bonds. The van der Waals surface area contributed by atoms with Crippen molar-refractivity contribution in [3.8, 4) is 11.4 Å². The Labute approximate surface area is 150 Å². The van der Waals surface area contributed by atoms with Crippen LogP contribution >= 0.6 is 11.8 Å². The van der Waals surface area contributed by atoms with E-state index in [-0.39, 0.29) is 5.95 Å². The van der Waals surface area contributed by atoms with E-state index in [0.29, 0.717) is 17.5 Å². The number of hydrogen-bond acceptors (Lipinski definition) is 8. The van der Waals surface area contributed by atoms with Gasteiger partial charge in [0, 0.05) is 32.2 Å². The zero-order valence-corrected chi connectivity index (χ0v) is 15.1. The predicted octanol–water partition coefficient (Wildman–Crippen LogP) is 2.01. The lowest BCUT2D eigenvalue weighted by molar-refractivity contribution is 0.414. The molecule has 2 heterocycles. The molecule has 1 aromatic carbocycles. The van der Waals surface area contributed by atoms with E-state index in [1.54, 1.807) is 18.2 Å².